The van der Waals surface area contributed by atoms with E-state index in [2.05, 4.69) is 53.5 Å². The van der Waals surface area contributed by atoms with Gasteiger partial charge in [0.1, 0.15) is 5.82 Å². The zero-order chi connectivity index (χ0) is 16.2. The molecule has 0 saturated carbocycles. The quantitative estimate of drug-likeness (QED) is 0.456. The van der Waals surface area contributed by atoms with Gasteiger partial charge >= 0.3 is 0 Å². The van der Waals surface area contributed by atoms with E-state index in [1.807, 2.05) is 24.3 Å². The minimum atomic E-state index is 0.0354. The Hall–Kier alpha value is -1.31. The largest absolute Gasteiger partial charge is 0.377 e. The molecule has 0 atom stereocenters. The number of nitrogens with one attached hydrogen (secondary N) is 3. The third-order valence-electron chi connectivity index (χ3n) is 3.35. The fourth-order valence-electron chi connectivity index (χ4n) is 2.25. The molecule has 0 saturated heterocycles. The highest BCUT2D eigenvalue weighted by molar-refractivity contribution is 9.13. The number of benzene rings is 1. The minimum Gasteiger partial charge on any atom is -0.377 e. The van der Waals surface area contributed by atoms with Gasteiger partial charge in [0.2, 0.25) is 0 Å². The first-order valence-corrected chi connectivity index (χ1v) is 9.58. The molecule has 0 aliphatic carbocycles. The van der Waals surface area contributed by atoms with Crippen molar-refractivity contribution in [1.82, 2.24) is 4.98 Å². The van der Waals surface area contributed by atoms with Gasteiger partial charge in [-0.1, -0.05) is 12.1 Å². The van der Waals surface area contributed by atoms with Gasteiger partial charge in [0.25, 0.3) is 0 Å². The normalized spacial score (nSPS) is 10.9. The summed E-state index contributed by atoms with van der Waals surface area (Å²) in [6.45, 7) is 1.65. The van der Waals surface area contributed by atoms with E-state index in [0.717, 1.165) is 44.1 Å². The lowest BCUT2D eigenvalue weighted by Crippen LogP contribution is -2.11. The number of para-hydroxylation sites is 1. The highest BCUT2D eigenvalue weighted by Gasteiger charge is 2.03. The number of hydrogen-bond acceptors (Lipinski definition) is 4. The maximum Gasteiger partial charge on any atom is 0.191 e. The standard InChI is InChI=1S/C16H15Br2N3OS/c17-11-8-15(23-16(11)18)20-7-3-6-19-14-9-13(22)10-4-1-2-5-12(10)21-14/h1-2,4-5,8-9,20H,3,6-7H2,(H2,19,21,22). The van der Waals surface area contributed by atoms with Gasteiger partial charge in [0.05, 0.1) is 14.3 Å². The van der Waals surface area contributed by atoms with Gasteiger partial charge in [-0.05, 0) is 56.5 Å². The first-order chi connectivity index (χ1) is 11.1. The first kappa shape index (κ1) is 16.5. The number of H-pyrrole nitrogens is 1. The van der Waals surface area contributed by atoms with E-state index in [1.165, 1.54) is 0 Å². The van der Waals surface area contributed by atoms with Crippen molar-refractivity contribution in [2.24, 2.45) is 0 Å². The second-order valence-electron chi connectivity index (χ2n) is 5.03. The molecular weight excluding hydrogens is 442 g/mol. The fraction of sp³-hybridized carbons (Fsp3) is 0.188. The fourth-order valence-corrected chi connectivity index (χ4v) is 4.21. The Bertz CT molecular complexity index is 856. The number of hydrogen-bond donors (Lipinski definition) is 3. The highest BCUT2D eigenvalue weighted by atomic mass is 79.9. The monoisotopic (exact) mass is 455 g/mol. The topological polar surface area (TPSA) is 56.9 Å². The molecule has 0 aliphatic heterocycles. The lowest BCUT2D eigenvalue weighted by Gasteiger charge is -2.08. The van der Waals surface area contributed by atoms with E-state index in [9.17, 15) is 4.79 Å². The van der Waals surface area contributed by atoms with E-state index < -0.39 is 0 Å². The first-order valence-electron chi connectivity index (χ1n) is 7.18. The molecule has 2 aromatic heterocycles. The van der Waals surface area contributed by atoms with Crippen LogP contribution in [0.2, 0.25) is 0 Å². The summed E-state index contributed by atoms with van der Waals surface area (Å²) in [5.41, 5.74) is 0.891. The van der Waals surface area contributed by atoms with Crippen molar-refractivity contribution in [3.63, 3.8) is 0 Å². The molecule has 4 nitrogen and oxygen atoms in total. The molecule has 23 heavy (non-hydrogen) atoms. The smallest absolute Gasteiger partial charge is 0.191 e. The lowest BCUT2D eigenvalue weighted by molar-refractivity contribution is 0.907. The zero-order valence-electron chi connectivity index (χ0n) is 12.2. The van der Waals surface area contributed by atoms with E-state index in [-0.39, 0.29) is 5.43 Å². The Balaban J connectivity index is 1.52. The molecule has 0 bridgehead atoms. The summed E-state index contributed by atoms with van der Waals surface area (Å²) in [5, 5.41) is 8.49. The van der Waals surface area contributed by atoms with Crippen LogP contribution < -0.4 is 16.1 Å². The van der Waals surface area contributed by atoms with Gasteiger partial charge < -0.3 is 15.6 Å². The molecular formula is C16H15Br2N3OS. The Kier molecular flexibility index (Phi) is 5.40. The Labute approximate surface area is 154 Å². The summed E-state index contributed by atoms with van der Waals surface area (Å²) >= 11 is 8.62. The molecule has 0 amide bonds. The van der Waals surface area contributed by atoms with Crippen molar-refractivity contribution in [2.75, 3.05) is 23.7 Å². The van der Waals surface area contributed by atoms with E-state index >= 15 is 0 Å². The van der Waals surface area contributed by atoms with Crippen LogP contribution in [-0.4, -0.2) is 18.1 Å². The Morgan fingerprint density at radius 3 is 2.65 bits per heavy atom. The summed E-state index contributed by atoms with van der Waals surface area (Å²) in [7, 11) is 0. The molecule has 3 N–H and O–H groups in total. The van der Waals surface area contributed by atoms with Crippen LogP contribution >= 0.6 is 43.2 Å². The van der Waals surface area contributed by atoms with Gasteiger partial charge in [-0.15, -0.1) is 11.3 Å². The number of halogens is 2. The predicted molar refractivity (Wildman–Crippen MR) is 106 cm³/mol. The number of aromatic nitrogens is 1. The molecule has 2 heterocycles. The van der Waals surface area contributed by atoms with Crippen molar-refractivity contribution in [3.05, 3.63) is 54.9 Å². The molecule has 0 aliphatic rings. The van der Waals surface area contributed by atoms with Crippen LogP contribution in [0, 0.1) is 0 Å². The van der Waals surface area contributed by atoms with Crippen LogP contribution in [0.4, 0.5) is 10.8 Å². The molecule has 0 radical (unpaired) electrons. The van der Waals surface area contributed by atoms with Crippen LogP contribution in [0.15, 0.2) is 49.5 Å². The minimum absolute atomic E-state index is 0.0354. The molecule has 3 rings (SSSR count). The maximum atomic E-state index is 12.0. The van der Waals surface area contributed by atoms with Gasteiger partial charge in [-0.3, -0.25) is 4.79 Å². The second-order valence-corrected chi connectivity index (χ2v) is 8.26. The van der Waals surface area contributed by atoms with Gasteiger partial charge in [0.15, 0.2) is 5.43 Å². The molecule has 7 heteroatoms. The summed E-state index contributed by atoms with van der Waals surface area (Å²) in [5.74, 6) is 0.760. The van der Waals surface area contributed by atoms with Crippen molar-refractivity contribution in [1.29, 1.82) is 0 Å². The van der Waals surface area contributed by atoms with E-state index in [1.54, 1.807) is 17.4 Å². The number of pyridine rings is 1. The molecule has 120 valence electrons. The van der Waals surface area contributed by atoms with Gasteiger partial charge in [-0.2, -0.15) is 0 Å². The highest BCUT2D eigenvalue weighted by Crippen LogP contribution is 2.35. The average Bonchev–Trinajstić information content (AvgIpc) is 2.85. The molecule has 1 aromatic carbocycles. The van der Waals surface area contributed by atoms with Crippen LogP contribution in [0.5, 0.6) is 0 Å². The molecule has 0 spiro atoms. The zero-order valence-corrected chi connectivity index (χ0v) is 16.1. The van der Waals surface area contributed by atoms with E-state index in [4.69, 9.17) is 0 Å². The van der Waals surface area contributed by atoms with Crippen LogP contribution in [0.3, 0.4) is 0 Å². The molecule has 3 aromatic rings. The van der Waals surface area contributed by atoms with Crippen LogP contribution in [-0.2, 0) is 0 Å². The van der Waals surface area contributed by atoms with Crippen LogP contribution in [0.25, 0.3) is 10.9 Å². The number of aromatic amines is 1. The maximum absolute atomic E-state index is 12.0. The van der Waals surface area contributed by atoms with E-state index in [0.29, 0.717) is 5.39 Å². The Morgan fingerprint density at radius 1 is 1.09 bits per heavy atom. The Morgan fingerprint density at radius 2 is 1.87 bits per heavy atom. The number of rotatable bonds is 6. The van der Waals surface area contributed by atoms with Crippen LogP contribution in [0.1, 0.15) is 6.42 Å². The van der Waals surface area contributed by atoms with Crippen molar-refractivity contribution >= 4 is 64.9 Å². The van der Waals surface area contributed by atoms with Crippen molar-refractivity contribution in [2.45, 2.75) is 6.42 Å². The third kappa shape index (κ3) is 4.16. The number of thiophene rings is 1. The summed E-state index contributed by atoms with van der Waals surface area (Å²) in [6, 6.07) is 11.2. The molecule has 0 unspecified atom stereocenters. The average molecular weight is 457 g/mol. The van der Waals surface area contributed by atoms with Crippen molar-refractivity contribution in [3.8, 4) is 0 Å². The second kappa shape index (κ2) is 7.51. The SMILES string of the molecule is O=c1cc(NCCCNc2cc(Br)c(Br)s2)[nH]c2ccccc12. The number of fused-ring (bicyclic) bond motifs is 1. The predicted octanol–water partition coefficient (Wildman–Crippen LogP) is 5.03. The molecule has 0 fully saturated rings. The summed E-state index contributed by atoms with van der Waals surface area (Å²) in [4.78, 5) is 15.3. The summed E-state index contributed by atoms with van der Waals surface area (Å²) < 4.78 is 2.16. The van der Waals surface area contributed by atoms with Gasteiger partial charge in [-0.25, -0.2) is 0 Å². The third-order valence-corrected chi connectivity index (χ3v) is 6.56. The lowest BCUT2D eigenvalue weighted by atomic mass is 10.2. The summed E-state index contributed by atoms with van der Waals surface area (Å²) in [6.07, 6.45) is 0.946. The number of anilines is 2. The van der Waals surface area contributed by atoms with Crippen molar-refractivity contribution < 1.29 is 0 Å². The van der Waals surface area contributed by atoms with Gasteiger partial charge in [0, 0.05) is 29.0 Å².